The van der Waals surface area contributed by atoms with Crippen molar-refractivity contribution < 1.29 is 0 Å². The Balaban J connectivity index is 1.99. The first-order chi connectivity index (χ1) is 9.26. The molecule has 0 amide bonds. The number of thioether (sulfide) groups is 1. The lowest BCUT2D eigenvalue weighted by Crippen LogP contribution is -2.15. The first-order valence-corrected chi connectivity index (χ1v) is 8.23. The molecule has 1 heterocycles. The van der Waals surface area contributed by atoms with Crippen molar-refractivity contribution in [2.45, 2.75) is 38.5 Å². The molecule has 106 valence electrons. The molecule has 0 unspecified atom stereocenters. The molecule has 0 bridgehead atoms. The molecule has 4 N–H and O–H groups in total. The number of hydrogen-bond donors (Lipinski definition) is 3. The van der Waals surface area contributed by atoms with Gasteiger partial charge in [0.1, 0.15) is 17.5 Å². The summed E-state index contributed by atoms with van der Waals surface area (Å²) in [7, 11) is 0. The largest absolute Gasteiger partial charge is 0.370 e. The quantitative estimate of drug-likeness (QED) is 0.386. The van der Waals surface area contributed by atoms with Crippen molar-refractivity contribution in [3.05, 3.63) is 11.4 Å². The summed E-state index contributed by atoms with van der Waals surface area (Å²) in [5, 5.41) is 3.41. The fourth-order valence-corrected chi connectivity index (χ4v) is 2.44. The van der Waals surface area contributed by atoms with Crippen LogP contribution < -0.4 is 16.6 Å². The maximum Gasteiger partial charge on any atom is 0.148 e. The molecule has 6 heteroatoms. The van der Waals surface area contributed by atoms with Crippen molar-refractivity contribution >= 4 is 23.4 Å². The van der Waals surface area contributed by atoms with Gasteiger partial charge in [0.25, 0.3) is 0 Å². The average molecular weight is 281 g/mol. The van der Waals surface area contributed by atoms with Crippen LogP contribution in [0.1, 0.15) is 43.0 Å². The molecule has 0 aliphatic heterocycles. The van der Waals surface area contributed by atoms with Gasteiger partial charge in [0, 0.05) is 18.0 Å². The second kappa shape index (κ2) is 6.96. The van der Waals surface area contributed by atoms with Crippen LogP contribution in [0.25, 0.3) is 0 Å². The van der Waals surface area contributed by atoms with Gasteiger partial charge in [0.15, 0.2) is 0 Å². The highest BCUT2D eigenvalue weighted by atomic mass is 32.2. The smallest absolute Gasteiger partial charge is 0.148 e. The van der Waals surface area contributed by atoms with Gasteiger partial charge in [-0.3, -0.25) is 0 Å². The SMILES string of the molecule is CSCCCCNc1nc(C2CC2)nc(NN)c1C. The third kappa shape index (κ3) is 3.98. The fraction of sp³-hybridized carbons (Fsp3) is 0.692. The van der Waals surface area contributed by atoms with E-state index in [1.807, 2.05) is 18.7 Å². The van der Waals surface area contributed by atoms with E-state index in [1.54, 1.807) is 0 Å². The van der Waals surface area contributed by atoms with Crippen LogP contribution in [0, 0.1) is 6.92 Å². The topological polar surface area (TPSA) is 75.9 Å². The molecule has 0 spiro atoms. The molecule has 0 radical (unpaired) electrons. The van der Waals surface area contributed by atoms with Gasteiger partial charge in [-0.05, 0) is 44.6 Å². The van der Waals surface area contributed by atoms with Crippen LogP contribution in [0.4, 0.5) is 11.6 Å². The number of hydrogen-bond acceptors (Lipinski definition) is 6. The van der Waals surface area contributed by atoms with Crippen molar-refractivity contribution in [1.82, 2.24) is 9.97 Å². The average Bonchev–Trinajstić information content (AvgIpc) is 3.24. The molecule has 2 rings (SSSR count). The normalized spacial score (nSPS) is 14.5. The Bertz CT molecular complexity index is 420. The fourth-order valence-electron chi connectivity index (χ4n) is 1.95. The summed E-state index contributed by atoms with van der Waals surface area (Å²) in [4.78, 5) is 9.12. The van der Waals surface area contributed by atoms with Gasteiger partial charge in [-0.15, -0.1) is 0 Å². The zero-order valence-electron chi connectivity index (χ0n) is 11.7. The minimum Gasteiger partial charge on any atom is -0.370 e. The van der Waals surface area contributed by atoms with Crippen molar-refractivity contribution in [3.63, 3.8) is 0 Å². The monoisotopic (exact) mass is 281 g/mol. The lowest BCUT2D eigenvalue weighted by molar-refractivity contribution is 0.831. The molecule has 19 heavy (non-hydrogen) atoms. The van der Waals surface area contributed by atoms with Crippen LogP contribution in [-0.4, -0.2) is 28.5 Å². The third-order valence-electron chi connectivity index (χ3n) is 3.31. The van der Waals surface area contributed by atoms with E-state index in [4.69, 9.17) is 5.84 Å². The van der Waals surface area contributed by atoms with E-state index in [-0.39, 0.29) is 0 Å². The number of nitrogen functional groups attached to an aromatic ring is 1. The minimum absolute atomic E-state index is 0.532. The zero-order valence-corrected chi connectivity index (χ0v) is 12.5. The molecule has 1 aromatic rings. The standard InChI is InChI=1S/C13H23N5S/c1-9-11(15-7-3-4-8-19-2)16-13(10-5-6-10)17-12(9)18-14/h10H,3-8,14H2,1-2H3,(H2,15,16,17,18). The summed E-state index contributed by atoms with van der Waals surface area (Å²) in [6.45, 7) is 2.95. The van der Waals surface area contributed by atoms with Crippen LogP contribution in [0.3, 0.4) is 0 Å². The number of nitrogens with zero attached hydrogens (tertiary/aromatic N) is 2. The van der Waals surface area contributed by atoms with E-state index in [0.29, 0.717) is 5.92 Å². The highest BCUT2D eigenvalue weighted by Crippen LogP contribution is 2.39. The lowest BCUT2D eigenvalue weighted by Gasteiger charge is -2.13. The second-order valence-electron chi connectivity index (χ2n) is 4.95. The number of hydrazine groups is 1. The van der Waals surface area contributed by atoms with Gasteiger partial charge in [-0.2, -0.15) is 11.8 Å². The molecule has 1 saturated carbocycles. The highest BCUT2D eigenvalue weighted by molar-refractivity contribution is 7.98. The number of anilines is 2. The number of nitrogens with one attached hydrogen (secondary N) is 2. The first-order valence-electron chi connectivity index (χ1n) is 6.84. The van der Waals surface area contributed by atoms with Gasteiger partial charge < -0.3 is 10.7 Å². The molecule has 5 nitrogen and oxygen atoms in total. The summed E-state index contributed by atoms with van der Waals surface area (Å²) >= 11 is 1.89. The van der Waals surface area contributed by atoms with Gasteiger partial charge in [-0.1, -0.05) is 0 Å². The Morgan fingerprint density at radius 3 is 2.63 bits per heavy atom. The van der Waals surface area contributed by atoms with Crippen molar-refractivity contribution in [1.29, 1.82) is 0 Å². The number of nitrogens with two attached hydrogens (primary N) is 1. The Labute approximate surface area is 119 Å². The lowest BCUT2D eigenvalue weighted by atomic mass is 10.2. The maximum atomic E-state index is 5.53. The van der Waals surface area contributed by atoms with Crippen LogP contribution in [-0.2, 0) is 0 Å². The van der Waals surface area contributed by atoms with Crippen LogP contribution >= 0.6 is 11.8 Å². The van der Waals surface area contributed by atoms with Crippen molar-refractivity contribution in [2.24, 2.45) is 5.84 Å². The van der Waals surface area contributed by atoms with Crippen molar-refractivity contribution in [3.8, 4) is 0 Å². The second-order valence-corrected chi connectivity index (χ2v) is 5.93. The summed E-state index contributed by atoms with van der Waals surface area (Å²) in [5.41, 5.74) is 3.67. The van der Waals surface area contributed by atoms with E-state index in [0.717, 1.165) is 36.0 Å². The van der Waals surface area contributed by atoms with Gasteiger partial charge in [0.2, 0.25) is 0 Å². The Kier molecular flexibility index (Phi) is 5.27. The third-order valence-corrected chi connectivity index (χ3v) is 4.01. The molecule has 0 atom stereocenters. The number of unbranched alkanes of at least 4 members (excludes halogenated alkanes) is 1. The molecule has 1 aromatic heterocycles. The molecule has 0 saturated heterocycles. The predicted octanol–water partition coefficient (Wildman–Crippen LogP) is 2.50. The molecular formula is C13H23N5S. The molecule has 1 aliphatic rings. The van der Waals surface area contributed by atoms with E-state index in [9.17, 15) is 0 Å². The maximum absolute atomic E-state index is 5.53. The van der Waals surface area contributed by atoms with E-state index >= 15 is 0 Å². The molecular weight excluding hydrogens is 258 g/mol. The van der Waals surface area contributed by atoms with Gasteiger partial charge >= 0.3 is 0 Å². The summed E-state index contributed by atoms with van der Waals surface area (Å²) in [5.74, 6) is 9.87. The summed E-state index contributed by atoms with van der Waals surface area (Å²) in [6, 6.07) is 0. The Morgan fingerprint density at radius 1 is 1.26 bits per heavy atom. The Hall–Kier alpha value is -1.01. The van der Waals surface area contributed by atoms with E-state index in [1.165, 1.54) is 25.0 Å². The molecule has 1 aliphatic carbocycles. The Morgan fingerprint density at radius 2 is 2.00 bits per heavy atom. The van der Waals surface area contributed by atoms with Crippen LogP contribution in [0.15, 0.2) is 0 Å². The molecule has 0 aromatic carbocycles. The van der Waals surface area contributed by atoms with Gasteiger partial charge in [0.05, 0.1) is 0 Å². The first kappa shape index (κ1) is 14.4. The minimum atomic E-state index is 0.532. The van der Waals surface area contributed by atoms with Crippen molar-refractivity contribution in [2.75, 3.05) is 29.3 Å². The highest BCUT2D eigenvalue weighted by Gasteiger charge is 2.28. The van der Waals surface area contributed by atoms with Crippen LogP contribution in [0.2, 0.25) is 0 Å². The zero-order chi connectivity index (χ0) is 13.7. The number of aromatic nitrogens is 2. The predicted molar refractivity (Wildman–Crippen MR) is 82.7 cm³/mol. The summed E-state index contributed by atoms with van der Waals surface area (Å²) < 4.78 is 0. The molecule has 1 fully saturated rings. The van der Waals surface area contributed by atoms with E-state index in [2.05, 4.69) is 27.0 Å². The number of rotatable bonds is 8. The van der Waals surface area contributed by atoms with Gasteiger partial charge in [-0.25, -0.2) is 15.8 Å². The van der Waals surface area contributed by atoms with E-state index < -0.39 is 0 Å². The summed E-state index contributed by atoms with van der Waals surface area (Å²) in [6.07, 6.45) is 6.92. The van der Waals surface area contributed by atoms with Crippen LogP contribution in [0.5, 0.6) is 0 Å².